The second-order valence-corrected chi connectivity index (χ2v) is 6.62. The normalized spacial score (nSPS) is 10.6. The number of aromatic nitrogens is 3. The highest BCUT2D eigenvalue weighted by atomic mass is 16.1. The molecule has 0 aliphatic heterocycles. The Balaban J connectivity index is 1.51. The maximum Gasteiger partial charge on any atom is 0.275 e. The van der Waals surface area contributed by atoms with Crippen LogP contribution in [-0.4, -0.2) is 20.9 Å². The molecule has 0 radical (unpaired) electrons. The molecular weight excluding hydrogens is 350 g/mol. The van der Waals surface area contributed by atoms with Crippen molar-refractivity contribution in [2.75, 3.05) is 10.6 Å². The van der Waals surface area contributed by atoms with Gasteiger partial charge in [-0.05, 0) is 49.2 Å². The number of nitrogens with zero attached hydrogens (tertiary/aromatic N) is 3. The molecule has 0 saturated carbocycles. The van der Waals surface area contributed by atoms with E-state index in [2.05, 4.69) is 31.7 Å². The summed E-state index contributed by atoms with van der Waals surface area (Å²) in [5.41, 5.74) is 4.87. The van der Waals surface area contributed by atoms with Crippen molar-refractivity contribution >= 4 is 34.0 Å². The van der Waals surface area contributed by atoms with Gasteiger partial charge in [-0.25, -0.2) is 9.97 Å². The van der Waals surface area contributed by atoms with Gasteiger partial charge in [-0.15, -0.1) is 0 Å². The number of rotatable bonds is 4. The number of benzene rings is 2. The van der Waals surface area contributed by atoms with E-state index in [-0.39, 0.29) is 11.6 Å². The number of aryl methyl sites for hydroxylation is 2. The van der Waals surface area contributed by atoms with Crippen molar-refractivity contribution in [2.24, 2.45) is 0 Å². The lowest BCUT2D eigenvalue weighted by Gasteiger charge is -2.09. The molecule has 0 atom stereocenters. The van der Waals surface area contributed by atoms with Crippen LogP contribution in [0.5, 0.6) is 0 Å². The van der Waals surface area contributed by atoms with Crippen LogP contribution in [0.25, 0.3) is 10.9 Å². The minimum atomic E-state index is -0.330. The first-order valence-electron chi connectivity index (χ1n) is 8.91. The van der Waals surface area contributed by atoms with Gasteiger partial charge in [0.15, 0.2) is 0 Å². The number of anilines is 3. The SMILES string of the molecule is Cc1cc(C)cc(Nc2cnc(C(=O)Nc3cccc4cccnc34)cn2)c1. The van der Waals surface area contributed by atoms with Gasteiger partial charge in [-0.2, -0.15) is 0 Å². The van der Waals surface area contributed by atoms with Crippen LogP contribution in [0.4, 0.5) is 17.2 Å². The van der Waals surface area contributed by atoms with E-state index < -0.39 is 0 Å². The van der Waals surface area contributed by atoms with Crippen LogP contribution in [0.15, 0.2) is 67.1 Å². The van der Waals surface area contributed by atoms with E-state index in [1.807, 2.05) is 56.3 Å². The number of hydrogen-bond acceptors (Lipinski definition) is 5. The van der Waals surface area contributed by atoms with Gasteiger partial charge >= 0.3 is 0 Å². The van der Waals surface area contributed by atoms with Crippen molar-refractivity contribution in [3.05, 3.63) is 83.9 Å². The molecule has 2 heterocycles. The molecule has 0 fully saturated rings. The van der Waals surface area contributed by atoms with E-state index in [9.17, 15) is 4.79 Å². The van der Waals surface area contributed by atoms with Gasteiger partial charge in [0, 0.05) is 17.3 Å². The quantitative estimate of drug-likeness (QED) is 0.548. The third kappa shape index (κ3) is 3.81. The van der Waals surface area contributed by atoms with Crippen molar-refractivity contribution in [2.45, 2.75) is 13.8 Å². The van der Waals surface area contributed by atoms with Gasteiger partial charge in [0.05, 0.1) is 23.6 Å². The van der Waals surface area contributed by atoms with Gasteiger partial charge in [0.25, 0.3) is 5.91 Å². The third-order valence-electron chi connectivity index (χ3n) is 4.26. The van der Waals surface area contributed by atoms with Crippen LogP contribution in [0.3, 0.4) is 0 Å². The lowest BCUT2D eigenvalue weighted by atomic mass is 10.1. The van der Waals surface area contributed by atoms with E-state index in [0.717, 1.165) is 27.7 Å². The largest absolute Gasteiger partial charge is 0.339 e. The maximum atomic E-state index is 12.6. The first-order valence-corrected chi connectivity index (χ1v) is 8.91. The van der Waals surface area contributed by atoms with E-state index in [1.54, 1.807) is 12.4 Å². The molecule has 0 unspecified atom stereocenters. The molecule has 28 heavy (non-hydrogen) atoms. The van der Waals surface area contributed by atoms with E-state index >= 15 is 0 Å². The summed E-state index contributed by atoms with van der Waals surface area (Å²) in [4.78, 5) is 25.4. The van der Waals surface area contributed by atoms with Crippen LogP contribution in [0, 0.1) is 13.8 Å². The number of pyridine rings is 1. The lowest BCUT2D eigenvalue weighted by Crippen LogP contribution is -2.14. The minimum absolute atomic E-state index is 0.235. The van der Waals surface area contributed by atoms with Crippen molar-refractivity contribution in [1.82, 2.24) is 15.0 Å². The Morgan fingerprint density at radius 1 is 0.893 bits per heavy atom. The number of hydrogen-bond donors (Lipinski definition) is 2. The van der Waals surface area contributed by atoms with Gasteiger partial charge in [0.1, 0.15) is 11.5 Å². The first kappa shape index (κ1) is 17.6. The van der Waals surface area contributed by atoms with E-state index in [1.165, 1.54) is 6.20 Å². The molecule has 0 aliphatic rings. The Morgan fingerprint density at radius 3 is 2.43 bits per heavy atom. The predicted octanol–water partition coefficient (Wildman–Crippen LogP) is 4.64. The number of carbonyl (C=O) groups is 1. The molecule has 6 heteroatoms. The molecule has 4 rings (SSSR count). The van der Waals surface area contributed by atoms with Crippen molar-refractivity contribution in [3.63, 3.8) is 0 Å². The first-order chi connectivity index (χ1) is 13.6. The topological polar surface area (TPSA) is 79.8 Å². The second-order valence-electron chi connectivity index (χ2n) is 6.62. The average molecular weight is 369 g/mol. The van der Waals surface area contributed by atoms with Crippen LogP contribution in [0.1, 0.15) is 21.6 Å². The van der Waals surface area contributed by atoms with Gasteiger partial charge in [-0.1, -0.05) is 24.3 Å². The molecule has 0 saturated heterocycles. The molecule has 6 nitrogen and oxygen atoms in total. The molecule has 1 amide bonds. The minimum Gasteiger partial charge on any atom is -0.339 e. The molecule has 138 valence electrons. The zero-order chi connectivity index (χ0) is 19.5. The monoisotopic (exact) mass is 369 g/mol. The Hall–Kier alpha value is -3.80. The molecule has 0 aliphatic carbocycles. The fraction of sp³-hybridized carbons (Fsp3) is 0.0909. The molecule has 4 aromatic rings. The molecule has 2 N–H and O–H groups in total. The maximum absolute atomic E-state index is 12.6. The molecular formula is C22H19N5O. The third-order valence-corrected chi connectivity index (χ3v) is 4.26. The van der Waals surface area contributed by atoms with E-state index in [0.29, 0.717) is 11.5 Å². The summed E-state index contributed by atoms with van der Waals surface area (Å²) in [6, 6.07) is 15.6. The average Bonchev–Trinajstić information content (AvgIpc) is 2.68. The van der Waals surface area contributed by atoms with Crippen LogP contribution >= 0.6 is 0 Å². The number of amides is 1. The highest BCUT2D eigenvalue weighted by molar-refractivity contribution is 6.07. The van der Waals surface area contributed by atoms with Crippen molar-refractivity contribution in [1.29, 1.82) is 0 Å². The Bertz CT molecular complexity index is 1130. The summed E-state index contributed by atoms with van der Waals surface area (Å²) >= 11 is 0. The van der Waals surface area contributed by atoms with Crippen molar-refractivity contribution < 1.29 is 4.79 Å². The van der Waals surface area contributed by atoms with E-state index in [4.69, 9.17) is 0 Å². The predicted molar refractivity (Wildman–Crippen MR) is 111 cm³/mol. The number of carbonyl (C=O) groups excluding carboxylic acids is 1. The second kappa shape index (κ2) is 7.44. The summed E-state index contributed by atoms with van der Waals surface area (Å²) in [6.45, 7) is 4.08. The zero-order valence-corrected chi connectivity index (χ0v) is 15.6. The summed E-state index contributed by atoms with van der Waals surface area (Å²) in [7, 11) is 0. The van der Waals surface area contributed by atoms with Crippen LogP contribution in [-0.2, 0) is 0 Å². The summed E-state index contributed by atoms with van der Waals surface area (Å²) < 4.78 is 0. The van der Waals surface area contributed by atoms with Gasteiger partial charge in [0.2, 0.25) is 0 Å². The standard InChI is InChI=1S/C22H19N5O/c1-14-9-15(2)11-17(10-14)26-20-13-24-19(12-25-20)22(28)27-18-7-3-5-16-6-4-8-23-21(16)18/h3-13H,1-2H3,(H,25,26)(H,27,28). The number of nitrogens with one attached hydrogen (secondary N) is 2. The smallest absolute Gasteiger partial charge is 0.275 e. The van der Waals surface area contributed by atoms with Crippen LogP contribution in [0.2, 0.25) is 0 Å². The zero-order valence-electron chi connectivity index (χ0n) is 15.6. The van der Waals surface area contributed by atoms with Gasteiger partial charge < -0.3 is 10.6 Å². The summed E-state index contributed by atoms with van der Waals surface area (Å²) in [5, 5.41) is 7.03. The van der Waals surface area contributed by atoms with Crippen molar-refractivity contribution in [3.8, 4) is 0 Å². The highest BCUT2D eigenvalue weighted by Crippen LogP contribution is 2.21. The fourth-order valence-corrected chi connectivity index (χ4v) is 3.10. The lowest BCUT2D eigenvalue weighted by molar-refractivity contribution is 0.102. The van der Waals surface area contributed by atoms with Crippen LogP contribution < -0.4 is 10.6 Å². The molecule has 2 aromatic carbocycles. The Kier molecular flexibility index (Phi) is 4.68. The van der Waals surface area contributed by atoms with Gasteiger partial charge in [-0.3, -0.25) is 9.78 Å². The highest BCUT2D eigenvalue weighted by Gasteiger charge is 2.11. The Morgan fingerprint density at radius 2 is 1.68 bits per heavy atom. The number of fused-ring (bicyclic) bond motifs is 1. The molecule has 2 aromatic heterocycles. The Labute approximate surface area is 162 Å². The fourth-order valence-electron chi connectivity index (χ4n) is 3.10. The summed E-state index contributed by atoms with van der Waals surface area (Å²) in [6.07, 6.45) is 4.71. The molecule has 0 spiro atoms. The summed E-state index contributed by atoms with van der Waals surface area (Å²) in [5.74, 6) is 0.247. The molecule has 0 bridgehead atoms. The number of para-hydroxylation sites is 1.